The molecule has 118 valence electrons. The van der Waals surface area contributed by atoms with E-state index in [-0.39, 0.29) is 16.8 Å². The van der Waals surface area contributed by atoms with Gasteiger partial charge in [0.05, 0.1) is 5.25 Å². The van der Waals surface area contributed by atoms with E-state index in [0.717, 1.165) is 18.5 Å². The number of amides is 1. The van der Waals surface area contributed by atoms with Gasteiger partial charge >= 0.3 is 5.69 Å². The van der Waals surface area contributed by atoms with Gasteiger partial charge in [-0.2, -0.15) is 0 Å². The second-order valence-electron chi connectivity index (χ2n) is 4.93. The molecule has 0 saturated carbocycles. The minimum Gasteiger partial charge on any atom is -0.325 e. The molecule has 0 fully saturated rings. The highest BCUT2D eigenvalue weighted by Crippen LogP contribution is 2.21. The summed E-state index contributed by atoms with van der Waals surface area (Å²) in [5.41, 5.74) is 0.525. The molecule has 22 heavy (non-hydrogen) atoms. The molecule has 0 aliphatic heterocycles. The molecular weight excluding hydrogens is 300 g/mol. The number of rotatable bonds is 7. The molecule has 0 spiro atoms. The number of aromatic nitrogens is 3. The van der Waals surface area contributed by atoms with E-state index in [9.17, 15) is 9.59 Å². The van der Waals surface area contributed by atoms with Gasteiger partial charge in [0.25, 0.3) is 0 Å². The summed E-state index contributed by atoms with van der Waals surface area (Å²) in [7, 11) is 0. The predicted octanol–water partition coefficient (Wildman–Crippen LogP) is 2.49. The van der Waals surface area contributed by atoms with Gasteiger partial charge in [-0.05, 0) is 25.5 Å². The summed E-state index contributed by atoms with van der Waals surface area (Å²) >= 11 is 1.28. The number of thioether (sulfide) groups is 1. The van der Waals surface area contributed by atoms with Crippen LogP contribution in [0.5, 0.6) is 0 Å². The number of benzene rings is 1. The summed E-state index contributed by atoms with van der Waals surface area (Å²) < 4.78 is 1.58. The molecule has 2 aromatic rings. The normalized spacial score (nSPS) is 12.1. The zero-order valence-corrected chi connectivity index (χ0v) is 13.5. The van der Waals surface area contributed by atoms with Gasteiger partial charge in [-0.1, -0.05) is 43.3 Å². The van der Waals surface area contributed by atoms with E-state index < -0.39 is 0 Å². The van der Waals surface area contributed by atoms with Crippen LogP contribution in [-0.4, -0.2) is 25.9 Å². The zero-order chi connectivity index (χ0) is 15.9. The van der Waals surface area contributed by atoms with Gasteiger partial charge in [-0.25, -0.2) is 9.89 Å². The lowest BCUT2D eigenvalue weighted by molar-refractivity contribution is -0.115. The van der Waals surface area contributed by atoms with E-state index in [4.69, 9.17) is 0 Å². The first-order chi connectivity index (χ1) is 10.6. The van der Waals surface area contributed by atoms with Crippen LogP contribution in [0.4, 0.5) is 5.69 Å². The summed E-state index contributed by atoms with van der Waals surface area (Å²) in [5, 5.41) is 9.50. The van der Waals surface area contributed by atoms with Crippen LogP contribution >= 0.6 is 11.8 Å². The maximum atomic E-state index is 12.2. The average molecular weight is 320 g/mol. The Morgan fingerprint density at radius 3 is 2.82 bits per heavy atom. The first-order valence-electron chi connectivity index (χ1n) is 7.29. The molecule has 0 bridgehead atoms. The summed E-state index contributed by atoms with van der Waals surface area (Å²) in [4.78, 5) is 23.9. The molecule has 6 nitrogen and oxygen atoms in total. The number of hydrogen-bond donors (Lipinski definition) is 2. The summed E-state index contributed by atoms with van der Waals surface area (Å²) in [5.74, 6) is -0.117. The standard InChI is InChI=1S/C15H20N4O2S/c1-3-4-10-19-14(21)17-18-15(19)22-11(2)13(20)16-12-8-6-5-7-9-12/h5-9,11H,3-4,10H2,1-2H3,(H,16,20)(H,17,21)/t11-/m0/s1. The fourth-order valence-electron chi connectivity index (χ4n) is 1.88. The highest BCUT2D eigenvalue weighted by molar-refractivity contribution is 8.00. The Labute approximate surface area is 133 Å². The van der Waals surface area contributed by atoms with Gasteiger partial charge in [0, 0.05) is 12.2 Å². The lowest BCUT2D eigenvalue weighted by Gasteiger charge is -2.12. The van der Waals surface area contributed by atoms with Crippen LogP contribution in [0.3, 0.4) is 0 Å². The Kier molecular flexibility index (Phi) is 5.83. The quantitative estimate of drug-likeness (QED) is 0.768. The van der Waals surface area contributed by atoms with Crippen molar-refractivity contribution in [3.63, 3.8) is 0 Å². The van der Waals surface area contributed by atoms with Crippen molar-refractivity contribution in [1.82, 2.24) is 14.8 Å². The number of aromatic amines is 1. The van der Waals surface area contributed by atoms with Gasteiger partial charge in [0.2, 0.25) is 5.91 Å². The summed E-state index contributed by atoms with van der Waals surface area (Å²) in [6, 6.07) is 9.29. The third kappa shape index (κ3) is 4.24. The largest absolute Gasteiger partial charge is 0.343 e. The topological polar surface area (TPSA) is 79.8 Å². The van der Waals surface area contributed by atoms with Crippen molar-refractivity contribution in [3.05, 3.63) is 40.8 Å². The molecule has 7 heteroatoms. The minimum absolute atomic E-state index is 0.117. The minimum atomic E-state index is -0.351. The van der Waals surface area contributed by atoms with Gasteiger partial charge in [-0.3, -0.25) is 9.36 Å². The van der Waals surface area contributed by atoms with Crippen LogP contribution in [-0.2, 0) is 11.3 Å². The fraction of sp³-hybridized carbons (Fsp3) is 0.400. The number of unbranched alkanes of at least 4 members (excludes halogenated alkanes) is 1. The number of nitrogens with one attached hydrogen (secondary N) is 2. The van der Waals surface area contributed by atoms with Gasteiger partial charge in [0.15, 0.2) is 5.16 Å². The average Bonchev–Trinajstić information content (AvgIpc) is 2.86. The van der Waals surface area contributed by atoms with Gasteiger partial charge < -0.3 is 5.32 Å². The molecule has 2 rings (SSSR count). The Morgan fingerprint density at radius 1 is 1.41 bits per heavy atom. The van der Waals surface area contributed by atoms with E-state index in [0.29, 0.717) is 11.7 Å². The number of H-pyrrole nitrogens is 1. The van der Waals surface area contributed by atoms with Crippen LogP contribution in [0.15, 0.2) is 40.3 Å². The third-order valence-corrected chi connectivity index (χ3v) is 4.24. The number of carbonyl (C=O) groups excluding carboxylic acids is 1. The van der Waals surface area contributed by atoms with Crippen molar-refractivity contribution in [3.8, 4) is 0 Å². The van der Waals surface area contributed by atoms with E-state index in [1.165, 1.54) is 11.8 Å². The molecule has 0 saturated heterocycles. The second kappa shape index (κ2) is 7.84. The second-order valence-corrected chi connectivity index (χ2v) is 6.24. The van der Waals surface area contributed by atoms with Crippen LogP contribution in [0, 0.1) is 0 Å². The van der Waals surface area contributed by atoms with E-state index in [1.54, 1.807) is 11.5 Å². The number of anilines is 1. The Morgan fingerprint density at radius 2 is 2.14 bits per heavy atom. The van der Waals surface area contributed by atoms with E-state index in [1.807, 2.05) is 30.3 Å². The van der Waals surface area contributed by atoms with Crippen molar-refractivity contribution < 1.29 is 4.79 Å². The first-order valence-corrected chi connectivity index (χ1v) is 8.17. The number of carbonyl (C=O) groups is 1. The molecule has 0 unspecified atom stereocenters. The SMILES string of the molecule is CCCCn1c(S[C@@H](C)C(=O)Nc2ccccc2)n[nH]c1=O. The molecule has 2 N–H and O–H groups in total. The van der Waals surface area contributed by atoms with Crippen molar-refractivity contribution in [1.29, 1.82) is 0 Å². The Balaban J connectivity index is 2.01. The molecule has 1 atom stereocenters. The highest BCUT2D eigenvalue weighted by Gasteiger charge is 2.18. The zero-order valence-electron chi connectivity index (χ0n) is 12.7. The predicted molar refractivity (Wildman–Crippen MR) is 88.1 cm³/mol. The molecule has 1 aromatic carbocycles. The Bertz CT molecular complexity index is 666. The third-order valence-electron chi connectivity index (χ3n) is 3.15. The molecule has 1 amide bonds. The van der Waals surface area contributed by atoms with Crippen molar-refractivity contribution in [2.24, 2.45) is 0 Å². The smallest absolute Gasteiger partial charge is 0.325 e. The first kappa shape index (κ1) is 16.4. The maximum Gasteiger partial charge on any atom is 0.343 e. The van der Waals surface area contributed by atoms with Crippen LogP contribution in [0.25, 0.3) is 0 Å². The molecule has 0 aliphatic rings. The molecular formula is C15H20N4O2S. The summed E-state index contributed by atoms with van der Waals surface area (Å²) in [6.45, 7) is 4.47. The molecule has 1 heterocycles. The number of nitrogens with zero attached hydrogens (tertiary/aromatic N) is 2. The molecule has 1 aromatic heterocycles. The molecule has 0 radical (unpaired) electrons. The van der Waals surface area contributed by atoms with Crippen LogP contribution in [0.1, 0.15) is 26.7 Å². The van der Waals surface area contributed by atoms with Crippen LogP contribution < -0.4 is 11.0 Å². The lowest BCUT2D eigenvalue weighted by atomic mass is 10.3. The number of para-hydroxylation sites is 1. The monoisotopic (exact) mass is 320 g/mol. The van der Waals surface area contributed by atoms with Crippen molar-refractivity contribution >= 4 is 23.4 Å². The van der Waals surface area contributed by atoms with E-state index in [2.05, 4.69) is 22.4 Å². The lowest BCUT2D eigenvalue weighted by Crippen LogP contribution is -2.24. The van der Waals surface area contributed by atoms with E-state index >= 15 is 0 Å². The summed E-state index contributed by atoms with van der Waals surface area (Å²) in [6.07, 6.45) is 1.89. The fourth-order valence-corrected chi connectivity index (χ4v) is 2.77. The highest BCUT2D eigenvalue weighted by atomic mass is 32.2. The maximum absolute atomic E-state index is 12.2. The van der Waals surface area contributed by atoms with Crippen LogP contribution in [0.2, 0.25) is 0 Å². The Hall–Kier alpha value is -2.02. The van der Waals surface area contributed by atoms with Gasteiger partial charge in [0.1, 0.15) is 0 Å². The van der Waals surface area contributed by atoms with Crippen molar-refractivity contribution in [2.75, 3.05) is 5.32 Å². The molecule has 0 aliphatic carbocycles. The van der Waals surface area contributed by atoms with Crippen molar-refractivity contribution in [2.45, 2.75) is 43.6 Å². The number of hydrogen-bond acceptors (Lipinski definition) is 4. The van der Waals surface area contributed by atoms with Gasteiger partial charge in [-0.15, -0.1) is 5.10 Å².